The van der Waals surface area contributed by atoms with E-state index in [0.29, 0.717) is 11.4 Å². The number of esters is 1. The van der Waals surface area contributed by atoms with Gasteiger partial charge < -0.3 is 19.5 Å². The summed E-state index contributed by atoms with van der Waals surface area (Å²) in [6, 6.07) is 12.1. The highest BCUT2D eigenvalue weighted by molar-refractivity contribution is 5.97. The molecule has 2 aromatic carbocycles. The van der Waals surface area contributed by atoms with Gasteiger partial charge in [0.25, 0.3) is 5.91 Å². The first-order chi connectivity index (χ1) is 12.0. The van der Waals surface area contributed by atoms with E-state index in [-0.39, 0.29) is 11.3 Å². The topological polar surface area (TPSA) is 73.9 Å². The molecule has 0 heterocycles. The second-order valence-corrected chi connectivity index (χ2v) is 4.70. The van der Waals surface area contributed by atoms with Crippen molar-refractivity contribution in [1.29, 1.82) is 0 Å². The molecule has 0 atom stereocenters. The van der Waals surface area contributed by atoms with Gasteiger partial charge in [-0.1, -0.05) is 24.3 Å². The Morgan fingerprint density at radius 3 is 2.36 bits per heavy atom. The molecule has 6 nitrogen and oxygen atoms in total. The SMILES string of the molecule is COc1ccccc1NC(=O)COC(=O)c1ccccc1OC(F)F. The number of methoxy groups -OCH3 is 1. The summed E-state index contributed by atoms with van der Waals surface area (Å²) >= 11 is 0. The Labute approximate surface area is 142 Å². The summed E-state index contributed by atoms with van der Waals surface area (Å²) in [5.74, 6) is -1.44. The van der Waals surface area contributed by atoms with Crippen molar-refractivity contribution in [2.24, 2.45) is 0 Å². The summed E-state index contributed by atoms with van der Waals surface area (Å²) in [7, 11) is 1.45. The zero-order valence-corrected chi connectivity index (χ0v) is 13.2. The van der Waals surface area contributed by atoms with Crippen LogP contribution in [0.2, 0.25) is 0 Å². The molecule has 132 valence electrons. The third-order valence-electron chi connectivity index (χ3n) is 3.04. The maximum Gasteiger partial charge on any atom is 0.387 e. The molecule has 8 heteroatoms. The number of amides is 1. The molecule has 0 aliphatic carbocycles. The van der Waals surface area contributed by atoms with Crippen LogP contribution in [0, 0.1) is 0 Å². The summed E-state index contributed by atoms with van der Waals surface area (Å²) in [6.07, 6.45) is 0. The number of nitrogens with one attached hydrogen (secondary N) is 1. The fourth-order valence-electron chi connectivity index (χ4n) is 1.98. The fourth-order valence-corrected chi connectivity index (χ4v) is 1.98. The van der Waals surface area contributed by atoms with Crippen LogP contribution in [-0.4, -0.2) is 32.2 Å². The first-order valence-electron chi connectivity index (χ1n) is 7.15. The summed E-state index contributed by atoms with van der Waals surface area (Å²) in [6.45, 7) is -3.68. The maximum absolute atomic E-state index is 12.3. The summed E-state index contributed by atoms with van der Waals surface area (Å²) in [4.78, 5) is 23.9. The predicted octanol–water partition coefficient (Wildman–Crippen LogP) is 3.09. The van der Waals surface area contributed by atoms with E-state index in [4.69, 9.17) is 9.47 Å². The number of hydrogen-bond donors (Lipinski definition) is 1. The Balaban J connectivity index is 1.97. The Hall–Kier alpha value is -3.16. The van der Waals surface area contributed by atoms with Gasteiger partial charge in [0, 0.05) is 0 Å². The van der Waals surface area contributed by atoms with Gasteiger partial charge in [-0.25, -0.2) is 4.79 Å². The number of benzene rings is 2. The maximum atomic E-state index is 12.3. The molecule has 0 radical (unpaired) electrons. The second-order valence-electron chi connectivity index (χ2n) is 4.70. The molecule has 25 heavy (non-hydrogen) atoms. The number of rotatable bonds is 7. The van der Waals surface area contributed by atoms with Gasteiger partial charge in [-0.2, -0.15) is 8.78 Å². The zero-order chi connectivity index (χ0) is 18.2. The average Bonchev–Trinajstić information content (AvgIpc) is 2.60. The van der Waals surface area contributed by atoms with E-state index in [9.17, 15) is 18.4 Å². The number of hydrogen-bond acceptors (Lipinski definition) is 5. The largest absolute Gasteiger partial charge is 0.495 e. The lowest BCUT2D eigenvalue weighted by molar-refractivity contribution is -0.119. The van der Waals surface area contributed by atoms with Crippen molar-refractivity contribution in [3.63, 3.8) is 0 Å². The molecule has 0 fully saturated rings. The van der Waals surface area contributed by atoms with Gasteiger partial charge in [-0.05, 0) is 24.3 Å². The minimum atomic E-state index is -3.08. The minimum absolute atomic E-state index is 0.201. The highest BCUT2D eigenvalue weighted by Gasteiger charge is 2.18. The highest BCUT2D eigenvalue weighted by atomic mass is 19.3. The van der Waals surface area contributed by atoms with E-state index in [1.807, 2.05) is 0 Å². The van der Waals surface area contributed by atoms with Crippen molar-refractivity contribution in [1.82, 2.24) is 0 Å². The summed E-state index contributed by atoms with van der Waals surface area (Å²) < 4.78 is 38.9. The minimum Gasteiger partial charge on any atom is -0.495 e. The molecule has 0 saturated heterocycles. The van der Waals surface area contributed by atoms with Gasteiger partial charge in [0.2, 0.25) is 0 Å². The normalized spacial score (nSPS) is 10.2. The van der Waals surface area contributed by atoms with E-state index >= 15 is 0 Å². The molecule has 0 aliphatic rings. The molecule has 0 saturated carbocycles. The summed E-state index contributed by atoms with van der Waals surface area (Å²) in [5, 5.41) is 2.52. The van der Waals surface area contributed by atoms with Crippen LogP contribution in [0.3, 0.4) is 0 Å². The van der Waals surface area contributed by atoms with Crippen LogP contribution in [0.4, 0.5) is 14.5 Å². The van der Waals surface area contributed by atoms with Crippen LogP contribution in [0.15, 0.2) is 48.5 Å². The van der Waals surface area contributed by atoms with E-state index in [0.717, 1.165) is 0 Å². The Bertz CT molecular complexity index is 751. The van der Waals surface area contributed by atoms with Crippen molar-refractivity contribution >= 4 is 17.6 Å². The van der Waals surface area contributed by atoms with Crippen LogP contribution in [0.5, 0.6) is 11.5 Å². The highest BCUT2D eigenvalue weighted by Crippen LogP contribution is 2.23. The molecule has 1 amide bonds. The Morgan fingerprint density at radius 2 is 1.68 bits per heavy atom. The smallest absolute Gasteiger partial charge is 0.387 e. The van der Waals surface area contributed by atoms with E-state index < -0.39 is 25.1 Å². The molecule has 2 aromatic rings. The molecule has 0 aromatic heterocycles. The second kappa shape index (κ2) is 8.62. The monoisotopic (exact) mass is 351 g/mol. The van der Waals surface area contributed by atoms with Crippen molar-refractivity contribution in [2.75, 3.05) is 19.0 Å². The van der Waals surface area contributed by atoms with Gasteiger partial charge in [0.1, 0.15) is 17.1 Å². The van der Waals surface area contributed by atoms with Crippen LogP contribution in [-0.2, 0) is 9.53 Å². The molecule has 0 bridgehead atoms. The number of anilines is 1. The van der Waals surface area contributed by atoms with Crippen LogP contribution < -0.4 is 14.8 Å². The average molecular weight is 351 g/mol. The number of para-hydroxylation sites is 3. The van der Waals surface area contributed by atoms with Gasteiger partial charge in [0.05, 0.1) is 12.8 Å². The van der Waals surface area contributed by atoms with Gasteiger partial charge >= 0.3 is 12.6 Å². The lowest BCUT2D eigenvalue weighted by Gasteiger charge is -2.11. The Kier molecular flexibility index (Phi) is 6.27. The van der Waals surface area contributed by atoms with Crippen molar-refractivity contribution < 1.29 is 32.6 Å². The van der Waals surface area contributed by atoms with Crippen LogP contribution in [0.25, 0.3) is 0 Å². The number of carbonyl (C=O) groups excluding carboxylic acids is 2. The lowest BCUT2D eigenvalue weighted by atomic mass is 10.2. The van der Waals surface area contributed by atoms with Crippen LogP contribution in [0.1, 0.15) is 10.4 Å². The molecule has 0 aliphatic heterocycles. The standard InChI is InChI=1S/C17H15F2NO5/c1-23-14-9-5-3-7-12(14)20-15(21)10-24-16(22)11-6-2-4-8-13(11)25-17(18)19/h2-9,17H,10H2,1H3,(H,20,21). The third-order valence-corrected chi connectivity index (χ3v) is 3.04. The summed E-state index contributed by atoms with van der Waals surface area (Å²) in [5.41, 5.74) is 0.209. The van der Waals surface area contributed by atoms with Gasteiger partial charge in [-0.15, -0.1) is 0 Å². The molecular formula is C17H15F2NO5. The number of alkyl halides is 2. The zero-order valence-electron chi connectivity index (χ0n) is 13.2. The van der Waals surface area contributed by atoms with E-state index in [1.54, 1.807) is 24.3 Å². The van der Waals surface area contributed by atoms with Gasteiger partial charge in [0.15, 0.2) is 6.61 Å². The predicted molar refractivity (Wildman–Crippen MR) is 85.0 cm³/mol. The third kappa shape index (κ3) is 5.17. The lowest BCUT2D eigenvalue weighted by Crippen LogP contribution is -2.21. The van der Waals surface area contributed by atoms with Crippen LogP contribution >= 0.6 is 0 Å². The first kappa shape index (κ1) is 18.2. The first-order valence-corrected chi connectivity index (χ1v) is 7.15. The Morgan fingerprint density at radius 1 is 1.04 bits per heavy atom. The molecule has 0 unspecified atom stereocenters. The number of halogens is 2. The van der Waals surface area contributed by atoms with E-state index in [2.05, 4.69) is 10.1 Å². The molecule has 1 N–H and O–H groups in total. The molecule has 2 rings (SSSR count). The molecule has 0 spiro atoms. The fraction of sp³-hybridized carbons (Fsp3) is 0.176. The van der Waals surface area contributed by atoms with Crippen molar-refractivity contribution in [3.8, 4) is 11.5 Å². The number of carbonyl (C=O) groups is 2. The van der Waals surface area contributed by atoms with Crippen molar-refractivity contribution in [2.45, 2.75) is 6.61 Å². The van der Waals surface area contributed by atoms with Gasteiger partial charge in [-0.3, -0.25) is 4.79 Å². The molecular weight excluding hydrogens is 336 g/mol. The quantitative estimate of drug-likeness (QED) is 0.776. The van der Waals surface area contributed by atoms with E-state index in [1.165, 1.54) is 31.4 Å². The number of ether oxygens (including phenoxy) is 3. The van der Waals surface area contributed by atoms with Crippen molar-refractivity contribution in [3.05, 3.63) is 54.1 Å².